The van der Waals surface area contributed by atoms with Crippen LogP contribution in [0.2, 0.25) is 0 Å². The molecule has 1 fully saturated rings. The van der Waals surface area contributed by atoms with Crippen molar-refractivity contribution in [3.8, 4) is 11.3 Å². The van der Waals surface area contributed by atoms with Crippen molar-refractivity contribution < 1.29 is 9.90 Å². The van der Waals surface area contributed by atoms with E-state index in [1.807, 2.05) is 36.6 Å². The number of hydrogen-bond donors (Lipinski definition) is 3. The van der Waals surface area contributed by atoms with Crippen LogP contribution in [0.15, 0.2) is 34.1 Å². The minimum Gasteiger partial charge on any atom is -0.392 e. The lowest BCUT2D eigenvalue weighted by Crippen LogP contribution is -2.41. The van der Waals surface area contributed by atoms with Crippen LogP contribution in [0.1, 0.15) is 24.4 Å². The molecule has 1 amide bonds. The lowest BCUT2D eigenvalue weighted by molar-refractivity contribution is -0.123. The Morgan fingerprint density at radius 3 is 2.79 bits per heavy atom. The number of carbonyl (C=O) groups is 1. The van der Waals surface area contributed by atoms with Crippen LogP contribution in [-0.2, 0) is 4.79 Å². The Labute approximate surface area is 159 Å². The lowest BCUT2D eigenvalue weighted by Gasteiger charge is -2.15. The number of carbonyl (C=O) groups excluding carboxylic acids is 1. The molecule has 2 heterocycles. The Kier molecular flexibility index (Phi) is 6.77. The molecule has 0 spiro atoms. The number of β-amino-alcohol motifs (C(OH)–C–C–N with tert-alkyl or cyclic N) is 1. The molecule has 0 radical (unpaired) electrons. The Balaban J connectivity index is 0.00000208. The molecule has 3 rings (SSSR count). The first kappa shape index (κ1) is 19.3. The molecule has 3 N–H and O–H groups in total. The highest BCUT2D eigenvalue weighted by Crippen LogP contribution is 2.26. The minimum absolute atomic E-state index is 0. The van der Waals surface area contributed by atoms with Crippen molar-refractivity contribution in [1.82, 2.24) is 15.6 Å². The summed E-state index contributed by atoms with van der Waals surface area (Å²) in [4.78, 5) is 16.8. The van der Waals surface area contributed by atoms with E-state index in [4.69, 9.17) is 0 Å². The van der Waals surface area contributed by atoms with Gasteiger partial charge in [-0.2, -0.15) is 0 Å². The summed E-state index contributed by atoms with van der Waals surface area (Å²) in [6.45, 7) is 2.39. The number of benzene rings is 1. The number of aliphatic hydroxyl groups is 1. The second-order valence-electron chi connectivity index (χ2n) is 5.66. The maximum atomic E-state index is 12.2. The molecule has 0 bridgehead atoms. The number of amides is 1. The largest absolute Gasteiger partial charge is 0.392 e. The van der Waals surface area contributed by atoms with E-state index < -0.39 is 6.10 Å². The maximum absolute atomic E-state index is 12.2. The van der Waals surface area contributed by atoms with Gasteiger partial charge in [0, 0.05) is 22.0 Å². The molecular weight excluding hydrogens is 414 g/mol. The SMILES string of the molecule is CC(NC(=O)C1CC(O)CN1)c1nc(-c2ccc(Br)cc2)cs1.Cl. The molecule has 1 aromatic carbocycles. The van der Waals surface area contributed by atoms with Crippen molar-refractivity contribution in [1.29, 1.82) is 0 Å². The van der Waals surface area contributed by atoms with Crippen molar-refractivity contribution >= 4 is 45.6 Å². The summed E-state index contributed by atoms with van der Waals surface area (Å²) in [6, 6.07) is 7.51. The fourth-order valence-corrected chi connectivity index (χ4v) is 3.63. The predicted molar refractivity (Wildman–Crippen MR) is 101 cm³/mol. The topological polar surface area (TPSA) is 74.2 Å². The van der Waals surface area contributed by atoms with Gasteiger partial charge in [-0.3, -0.25) is 4.79 Å². The first-order valence-electron chi connectivity index (χ1n) is 7.46. The quantitative estimate of drug-likeness (QED) is 0.694. The smallest absolute Gasteiger partial charge is 0.237 e. The molecule has 24 heavy (non-hydrogen) atoms. The van der Waals surface area contributed by atoms with Crippen LogP contribution >= 0.6 is 39.7 Å². The first-order chi connectivity index (χ1) is 11.0. The summed E-state index contributed by atoms with van der Waals surface area (Å²) in [5, 5.41) is 18.3. The standard InChI is InChI=1S/C16H18BrN3O2S.ClH/c1-9(19-15(22)13-6-12(21)7-18-13)16-20-14(8-23-16)10-2-4-11(17)5-3-10;/h2-5,8-9,12-13,18,21H,6-7H2,1H3,(H,19,22);1H. The van der Waals surface area contributed by atoms with Gasteiger partial charge in [-0.15, -0.1) is 23.7 Å². The van der Waals surface area contributed by atoms with E-state index in [9.17, 15) is 9.90 Å². The highest BCUT2D eigenvalue weighted by molar-refractivity contribution is 9.10. The fourth-order valence-electron chi connectivity index (χ4n) is 2.53. The van der Waals surface area contributed by atoms with Gasteiger partial charge in [-0.25, -0.2) is 4.98 Å². The third-order valence-corrected chi connectivity index (χ3v) is 5.37. The van der Waals surface area contributed by atoms with E-state index >= 15 is 0 Å². The van der Waals surface area contributed by atoms with Gasteiger partial charge in [0.15, 0.2) is 0 Å². The Morgan fingerprint density at radius 2 is 2.17 bits per heavy atom. The Morgan fingerprint density at radius 1 is 1.46 bits per heavy atom. The number of halogens is 2. The Bertz CT molecular complexity index is 695. The van der Waals surface area contributed by atoms with Crippen LogP contribution in [0.3, 0.4) is 0 Å². The number of hydrogen-bond acceptors (Lipinski definition) is 5. The van der Waals surface area contributed by atoms with Gasteiger partial charge in [-0.05, 0) is 25.5 Å². The highest BCUT2D eigenvalue weighted by atomic mass is 79.9. The van der Waals surface area contributed by atoms with E-state index in [2.05, 4.69) is 31.5 Å². The number of aliphatic hydroxyl groups excluding tert-OH is 1. The summed E-state index contributed by atoms with van der Waals surface area (Å²) in [5.41, 5.74) is 1.96. The fraction of sp³-hybridized carbons (Fsp3) is 0.375. The van der Waals surface area contributed by atoms with Crippen LogP contribution in [0.25, 0.3) is 11.3 Å². The highest BCUT2D eigenvalue weighted by Gasteiger charge is 2.29. The number of thiazole rings is 1. The third-order valence-electron chi connectivity index (χ3n) is 3.82. The van der Waals surface area contributed by atoms with Gasteiger partial charge in [0.1, 0.15) is 5.01 Å². The summed E-state index contributed by atoms with van der Waals surface area (Å²) in [6.07, 6.45) is 0.0190. The van der Waals surface area contributed by atoms with E-state index in [1.54, 1.807) is 0 Å². The average Bonchev–Trinajstić information content (AvgIpc) is 3.17. The number of nitrogens with one attached hydrogen (secondary N) is 2. The first-order valence-corrected chi connectivity index (χ1v) is 9.13. The Hall–Kier alpha value is -0.990. The van der Waals surface area contributed by atoms with E-state index in [0.717, 1.165) is 20.7 Å². The molecule has 1 aromatic heterocycles. The van der Waals surface area contributed by atoms with Crippen LogP contribution in [-0.4, -0.2) is 34.7 Å². The van der Waals surface area contributed by atoms with Crippen molar-refractivity contribution in [2.24, 2.45) is 0 Å². The molecule has 2 aromatic rings. The van der Waals surface area contributed by atoms with Crippen LogP contribution in [0, 0.1) is 0 Å². The molecule has 1 aliphatic rings. The second-order valence-corrected chi connectivity index (χ2v) is 7.46. The van der Waals surface area contributed by atoms with Crippen LogP contribution in [0.5, 0.6) is 0 Å². The van der Waals surface area contributed by atoms with Crippen molar-refractivity contribution in [2.75, 3.05) is 6.54 Å². The average molecular weight is 433 g/mol. The summed E-state index contributed by atoms with van der Waals surface area (Å²) in [7, 11) is 0. The molecule has 130 valence electrons. The zero-order chi connectivity index (χ0) is 16.4. The second kappa shape index (κ2) is 8.40. The lowest BCUT2D eigenvalue weighted by atomic mass is 10.2. The van der Waals surface area contributed by atoms with Gasteiger partial charge in [0.2, 0.25) is 5.91 Å². The van der Waals surface area contributed by atoms with Gasteiger partial charge >= 0.3 is 0 Å². The number of aromatic nitrogens is 1. The van der Waals surface area contributed by atoms with Crippen molar-refractivity contribution in [3.63, 3.8) is 0 Å². The van der Waals surface area contributed by atoms with Gasteiger partial charge in [-0.1, -0.05) is 28.1 Å². The van der Waals surface area contributed by atoms with E-state index in [0.29, 0.717) is 13.0 Å². The van der Waals surface area contributed by atoms with Crippen molar-refractivity contribution in [3.05, 3.63) is 39.1 Å². The predicted octanol–water partition coefficient (Wildman–Crippen LogP) is 2.89. The van der Waals surface area contributed by atoms with Crippen LogP contribution < -0.4 is 10.6 Å². The monoisotopic (exact) mass is 431 g/mol. The number of rotatable bonds is 4. The molecule has 1 aliphatic heterocycles. The molecule has 5 nitrogen and oxygen atoms in total. The molecule has 0 saturated carbocycles. The van der Waals surface area contributed by atoms with Crippen molar-refractivity contribution in [2.45, 2.75) is 31.5 Å². The van der Waals surface area contributed by atoms with Gasteiger partial charge in [0.25, 0.3) is 0 Å². The third kappa shape index (κ3) is 4.55. The zero-order valence-electron chi connectivity index (χ0n) is 13.0. The molecular formula is C16H19BrClN3O2S. The number of nitrogens with zero attached hydrogens (tertiary/aromatic N) is 1. The summed E-state index contributed by atoms with van der Waals surface area (Å²) < 4.78 is 1.03. The summed E-state index contributed by atoms with van der Waals surface area (Å²) in [5.74, 6) is -0.0885. The molecule has 0 aliphatic carbocycles. The molecule has 3 unspecified atom stereocenters. The minimum atomic E-state index is -0.440. The van der Waals surface area contributed by atoms with Crippen LogP contribution in [0.4, 0.5) is 0 Å². The van der Waals surface area contributed by atoms with Gasteiger partial charge < -0.3 is 15.7 Å². The normalized spacial score (nSPS) is 21.1. The zero-order valence-corrected chi connectivity index (χ0v) is 16.2. The van der Waals surface area contributed by atoms with E-state index in [-0.39, 0.29) is 30.4 Å². The van der Waals surface area contributed by atoms with E-state index in [1.165, 1.54) is 11.3 Å². The van der Waals surface area contributed by atoms with Gasteiger partial charge in [0.05, 0.1) is 23.9 Å². The molecule has 3 atom stereocenters. The molecule has 8 heteroatoms. The summed E-state index contributed by atoms with van der Waals surface area (Å²) >= 11 is 4.96. The molecule has 1 saturated heterocycles. The maximum Gasteiger partial charge on any atom is 0.237 e.